The molecule has 0 saturated heterocycles. The van der Waals surface area contributed by atoms with E-state index in [1.54, 1.807) is 0 Å². The van der Waals surface area contributed by atoms with Crippen molar-refractivity contribution in [3.63, 3.8) is 0 Å². The molecule has 0 fully saturated rings. The molecule has 0 amide bonds. The van der Waals surface area contributed by atoms with E-state index in [0.717, 1.165) is 0 Å². The largest absolute Gasteiger partial charge is 0.453 e. The zero-order chi connectivity index (χ0) is 17.6. The van der Waals surface area contributed by atoms with E-state index in [9.17, 15) is 10.0 Å². The molecule has 8 heteroatoms. The van der Waals surface area contributed by atoms with Gasteiger partial charge in [0, 0.05) is 0 Å². The van der Waals surface area contributed by atoms with Crippen LogP contribution in [-0.4, -0.2) is 61.0 Å². The summed E-state index contributed by atoms with van der Waals surface area (Å²) in [4.78, 5) is 1.95. The molecule has 0 aromatic rings. The lowest BCUT2D eigenvalue weighted by atomic mass is 9.48. The van der Waals surface area contributed by atoms with Crippen molar-refractivity contribution in [2.24, 2.45) is 0 Å². The first-order valence-electron chi connectivity index (χ1n) is 8.48. The second kappa shape index (κ2) is 9.33. The predicted molar refractivity (Wildman–Crippen MR) is 95.9 cm³/mol. The average molecular weight is 313 g/mol. The highest BCUT2D eigenvalue weighted by atomic mass is 16.6. The van der Waals surface area contributed by atoms with Crippen LogP contribution in [0.25, 0.3) is 0 Å². The van der Waals surface area contributed by atoms with Crippen LogP contribution in [0.3, 0.4) is 0 Å². The predicted octanol–water partition coefficient (Wildman–Crippen LogP) is 1.99. The third-order valence-electron chi connectivity index (χ3n) is 4.62. The zero-order valence-corrected chi connectivity index (χ0v) is 15.7. The first-order valence-corrected chi connectivity index (χ1v) is 8.48. The van der Waals surface area contributed by atoms with Crippen molar-refractivity contribution in [3.05, 3.63) is 0 Å². The summed E-state index contributed by atoms with van der Waals surface area (Å²) in [6, 6.07) is 0. The third-order valence-corrected chi connectivity index (χ3v) is 4.62. The van der Waals surface area contributed by atoms with E-state index in [-0.39, 0.29) is 7.05 Å². The summed E-state index contributed by atoms with van der Waals surface area (Å²) in [5, 5.41) is 20.3. The van der Waals surface area contributed by atoms with Gasteiger partial charge in [0.15, 0.2) is 0 Å². The second-order valence-corrected chi connectivity index (χ2v) is 6.67. The van der Waals surface area contributed by atoms with Crippen molar-refractivity contribution in [2.45, 2.75) is 78.0 Å². The molecule has 2 atom stereocenters. The Balaban J connectivity index is 5.42. The molecule has 0 aliphatic rings. The van der Waals surface area contributed by atoms with E-state index in [1.165, 1.54) is 0 Å². The highest BCUT2D eigenvalue weighted by molar-refractivity contribution is 6.58. The highest BCUT2D eigenvalue weighted by Gasteiger charge is 2.49. The Kier molecular flexibility index (Phi) is 9.33. The molecule has 0 spiro atoms. The van der Waals surface area contributed by atoms with Crippen molar-refractivity contribution in [1.82, 2.24) is 4.81 Å². The molecular formula is C14H34B3NO4. The van der Waals surface area contributed by atoms with Crippen molar-refractivity contribution in [3.8, 4) is 0 Å². The molecule has 0 aliphatic heterocycles. The standard InChI is InChI=1S/C14H34B3NO4/c1-9-13(5,15(19)11-3)22-17(18(7)8)14(6,10-2)21-16(20)12-4/h19-20H,9-12H2,1-8H3. The third kappa shape index (κ3) is 5.57. The van der Waals surface area contributed by atoms with Crippen LogP contribution in [0.5, 0.6) is 0 Å². The summed E-state index contributed by atoms with van der Waals surface area (Å²) in [6.07, 6.45) is 2.54. The van der Waals surface area contributed by atoms with Crippen molar-refractivity contribution in [2.75, 3.05) is 14.1 Å². The minimum absolute atomic E-state index is 0.371. The van der Waals surface area contributed by atoms with Crippen LogP contribution in [0, 0.1) is 0 Å². The Bertz CT molecular complexity index is 324. The van der Waals surface area contributed by atoms with Crippen molar-refractivity contribution >= 4 is 21.1 Å². The van der Waals surface area contributed by atoms with Gasteiger partial charge in [-0.05, 0) is 53.4 Å². The van der Waals surface area contributed by atoms with Crippen molar-refractivity contribution in [1.29, 1.82) is 0 Å². The van der Waals surface area contributed by atoms with E-state index in [2.05, 4.69) is 0 Å². The van der Waals surface area contributed by atoms with Crippen LogP contribution in [0.1, 0.15) is 54.4 Å². The van der Waals surface area contributed by atoms with Gasteiger partial charge in [-0.25, -0.2) is 0 Å². The smallest absolute Gasteiger partial charge is 0.448 e. The van der Waals surface area contributed by atoms with Gasteiger partial charge in [-0.2, -0.15) is 0 Å². The van der Waals surface area contributed by atoms with E-state index >= 15 is 0 Å². The molecule has 0 heterocycles. The molecule has 0 rings (SSSR count). The molecule has 0 bridgehead atoms. The normalized spacial score (nSPS) is 17.0. The summed E-state index contributed by atoms with van der Waals surface area (Å²) < 4.78 is 12.2. The molecule has 0 saturated carbocycles. The van der Waals surface area contributed by atoms with E-state index in [1.807, 2.05) is 60.4 Å². The topological polar surface area (TPSA) is 62.2 Å². The molecule has 0 aliphatic carbocycles. The van der Waals surface area contributed by atoms with E-state index < -0.39 is 25.0 Å². The average Bonchev–Trinajstić information content (AvgIpc) is 2.50. The maximum atomic E-state index is 10.3. The van der Waals surface area contributed by atoms with Gasteiger partial charge in [0.2, 0.25) is 0 Å². The Morgan fingerprint density at radius 2 is 1.36 bits per heavy atom. The lowest BCUT2D eigenvalue weighted by Gasteiger charge is -2.43. The fraction of sp³-hybridized carbons (Fsp3) is 1.00. The fourth-order valence-electron chi connectivity index (χ4n) is 2.57. The Labute approximate surface area is 138 Å². The molecule has 0 aromatic carbocycles. The minimum atomic E-state index is -0.819. The molecule has 0 aromatic heterocycles. The monoisotopic (exact) mass is 313 g/mol. The van der Waals surface area contributed by atoms with Gasteiger partial charge in [0.1, 0.15) is 0 Å². The van der Waals surface area contributed by atoms with Gasteiger partial charge in [-0.1, -0.05) is 27.7 Å². The Morgan fingerprint density at radius 3 is 1.68 bits per heavy atom. The van der Waals surface area contributed by atoms with Crippen LogP contribution >= 0.6 is 0 Å². The summed E-state index contributed by atoms with van der Waals surface area (Å²) in [5.74, 6) is 0. The number of hydrogen-bond acceptors (Lipinski definition) is 5. The van der Waals surface area contributed by atoms with Crippen LogP contribution in [0.15, 0.2) is 0 Å². The van der Waals surface area contributed by atoms with Gasteiger partial charge < -0.3 is 24.2 Å². The minimum Gasteiger partial charge on any atom is -0.448 e. The number of rotatable bonds is 11. The molecule has 128 valence electrons. The zero-order valence-electron chi connectivity index (χ0n) is 15.7. The van der Waals surface area contributed by atoms with Gasteiger partial charge in [0.05, 0.1) is 11.0 Å². The lowest BCUT2D eigenvalue weighted by molar-refractivity contribution is 0.0568. The van der Waals surface area contributed by atoms with Gasteiger partial charge in [-0.3, -0.25) is 0 Å². The molecule has 22 heavy (non-hydrogen) atoms. The number of nitrogens with zero attached hydrogens (tertiary/aromatic N) is 1. The Morgan fingerprint density at radius 1 is 0.864 bits per heavy atom. The number of hydrogen-bond donors (Lipinski definition) is 2. The molecular weight excluding hydrogens is 279 g/mol. The van der Waals surface area contributed by atoms with Gasteiger partial charge >= 0.3 is 21.1 Å². The van der Waals surface area contributed by atoms with E-state index in [0.29, 0.717) is 25.5 Å². The molecule has 0 radical (unpaired) electrons. The van der Waals surface area contributed by atoms with Gasteiger partial charge in [-0.15, -0.1) is 0 Å². The molecule has 5 nitrogen and oxygen atoms in total. The summed E-state index contributed by atoms with van der Waals surface area (Å²) in [7, 11) is 2.66. The van der Waals surface area contributed by atoms with Crippen LogP contribution in [0.4, 0.5) is 0 Å². The van der Waals surface area contributed by atoms with Crippen LogP contribution < -0.4 is 0 Å². The quantitative estimate of drug-likeness (QED) is 0.571. The van der Waals surface area contributed by atoms with Crippen LogP contribution in [-0.2, 0) is 9.31 Å². The second-order valence-electron chi connectivity index (χ2n) is 6.67. The highest BCUT2D eigenvalue weighted by Crippen LogP contribution is 2.29. The Hall–Kier alpha value is -0.00519. The maximum Gasteiger partial charge on any atom is 0.453 e. The lowest BCUT2D eigenvalue weighted by Crippen LogP contribution is -2.63. The van der Waals surface area contributed by atoms with Crippen LogP contribution in [0.2, 0.25) is 12.6 Å². The molecule has 2 N–H and O–H groups in total. The first-order chi connectivity index (χ1) is 10.1. The maximum absolute atomic E-state index is 10.3. The first kappa shape index (κ1) is 22.0. The van der Waals surface area contributed by atoms with Crippen molar-refractivity contribution < 1.29 is 19.4 Å². The SMILES string of the molecule is CCB(O)OC(C)(CC)B(OC(C)(CC)B(O)CC)N(C)C. The molecule has 2 unspecified atom stereocenters. The fourth-order valence-corrected chi connectivity index (χ4v) is 2.57. The summed E-state index contributed by atoms with van der Waals surface area (Å²) in [5.41, 5.74) is -1.32. The van der Waals surface area contributed by atoms with E-state index in [4.69, 9.17) is 9.31 Å². The summed E-state index contributed by atoms with van der Waals surface area (Å²) in [6.45, 7) is 11.2. The summed E-state index contributed by atoms with van der Waals surface area (Å²) >= 11 is 0. The van der Waals surface area contributed by atoms with Gasteiger partial charge in [0.25, 0.3) is 0 Å².